The van der Waals surface area contributed by atoms with E-state index in [0.29, 0.717) is 17.5 Å². The molecule has 0 amide bonds. The minimum Gasteiger partial charge on any atom is -0.359 e. The molecule has 1 heterocycles. The van der Waals surface area contributed by atoms with Crippen LogP contribution in [-0.4, -0.2) is 48.0 Å². The molecule has 3 nitrogen and oxygen atoms in total. The first-order valence-corrected chi connectivity index (χ1v) is 9.11. The lowest BCUT2D eigenvalue weighted by Gasteiger charge is -2.32. The van der Waals surface area contributed by atoms with Gasteiger partial charge < -0.3 is 10.2 Å². The zero-order valence-electron chi connectivity index (χ0n) is 13.6. The van der Waals surface area contributed by atoms with E-state index in [4.69, 9.17) is 4.99 Å². The van der Waals surface area contributed by atoms with Crippen molar-refractivity contribution in [3.8, 4) is 0 Å². The second-order valence-corrected chi connectivity index (χ2v) is 8.20. The van der Waals surface area contributed by atoms with Crippen molar-refractivity contribution in [3.63, 3.8) is 0 Å². The minimum absolute atomic E-state index is 0.377. The fourth-order valence-corrected chi connectivity index (χ4v) is 4.66. The highest BCUT2D eigenvalue weighted by molar-refractivity contribution is 8.14. The van der Waals surface area contributed by atoms with Gasteiger partial charge in [-0.3, -0.25) is 4.99 Å². The van der Waals surface area contributed by atoms with Crippen LogP contribution in [0.5, 0.6) is 0 Å². The van der Waals surface area contributed by atoms with Crippen molar-refractivity contribution in [2.24, 2.45) is 10.9 Å². The maximum atomic E-state index is 5.03. The molecule has 1 saturated carbocycles. The van der Waals surface area contributed by atoms with E-state index >= 15 is 0 Å². The molecule has 4 heteroatoms. The number of hydrogen-bond donors (Lipinski definition) is 1. The highest BCUT2D eigenvalue weighted by Gasteiger charge is 2.38. The van der Waals surface area contributed by atoms with Crippen LogP contribution in [0.15, 0.2) is 4.99 Å². The van der Waals surface area contributed by atoms with Crippen molar-refractivity contribution in [2.45, 2.75) is 64.0 Å². The normalized spacial score (nSPS) is 25.6. The van der Waals surface area contributed by atoms with Gasteiger partial charge in [0.05, 0.1) is 6.04 Å². The fraction of sp³-hybridized carbons (Fsp3) is 0.938. The molecule has 20 heavy (non-hydrogen) atoms. The number of hydrogen-bond acceptors (Lipinski definition) is 3. The van der Waals surface area contributed by atoms with E-state index in [2.05, 4.69) is 38.2 Å². The molecule has 2 rings (SSSR count). The SMILES string of the molecule is CC(C)CC(CN(C)C)N=C1NC2(CCCCC2)CS1. The highest BCUT2D eigenvalue weighted by Crippen LogP contribution is 2.36. The zero-order chi connectivity index (χ0) is 14.6. The zero-order valence-corrected chi connectivity index (χ0v) is 14.4. The molecule has 2 aliphatic rings. The molecule has 0 aromatic carbocycles. The average molecular weight is 298 g/mol. The van der Waals surface area contributed by atoms with Crippen LogP contribution in [0.1, 0.15) is 52.4 Å². The van der Waals surface area contributed by atoms with E-state index in [9.17, 15) is 0 Å². The Morgan fingerprint density at radius 1 is 1.25 bits per heavy atom. The van der Waals surface area contributed by atoms with Crippen LogP contribution in [0.25, 0.3) is 0 Å². The molecule has 1 saturated heterocycles. The van der Waals surface area contributed by atoms with E-state index in [-0.39, 0.29) is 0 Å². The fourth-order valence-electron chi connectivity index (χ4n) is 3.37. The quantitative estimate of drug-likeness (QED) is 0.843. The predicted molar refractivity (Wildman–Crippen MR) is 90.6 cm³/mol. The van der Waals surface area contributed by atoms with Gasteiger partial charge in [-0.05, 0) is 39.3 Å². The summed E-state index contributed by atoms with van der Waals surface area (Å²) in [5, 5.41) is 4.99. The van der Waals surface area contributed by atoms with E-state index in [1.165, 1.54) is 49.4 Å². The van der Waals surface area contributed by atoms with E-state index in [0.717, 1.165) is 6.54 Å². The van der Waals surface area contributed by atoms with Crippen molar-refractivity contribution in [1.82, 2.24) is 10.2 Å². The standard InChI is InChI=1S/C16H31N3S/c1-13(2)10-14(11-19(3)4)17-15-18-16(12-20-15)8-6-5-7-9-16/h13-14H,5-12H2,1-4H3,(H,17,18). The number of nitrogens with zero attached hydrogens (tertiary/aromatic N) is 2. The van der Waals surface area contributed by atoms with Gasteiger partial charge in [0.2, 0.25) is 0 Å². The first-order valence-electron chi connectivity index (χ1n) is 8.13. The van der Waals surface area contributed by atoms with Gasteiger partial charge in [-0.2, -0.15) is 0 Å². The van der Waals surface area contributed by atoms with Crippen molar-refractivity contribution in [1.29, 1.82) is 0 Å². The Kier molecular flexibility index (Phi) is 5.79. The molecule has 1 spiro atoms. The molecule has 0 aromatic rings. The molecular formula is C16H31N3S. The first kappa shape index (κ1) is 16.2. The van der Waals surface area contributed by atoms with Crippen molar-refractivity contribution < 1.29 is 0 Å². The summed E-state index contributed by atoms with van der Waals surface area (Å²) in [5.74, 6) is 1.93. The first-order chi connectivity index (χ1) is 9.49. The summed E-state index contributed by atoms with van der Waals surface area (Å²) in [6.07, 6.45) is 8.03. The van der Waals surface area contributed by atoms with Crippen LogP contribution in [-0.2, 0) is 0 Å². The third-order valence-corrected chi connectivity index (χ3v) is 5.46. The maximum absolute atomic E-state index is 5.03. The number of amidine groups is 1. The van der Waals surface area contributed by atoms with E-state index in [1.807, 2.05) is 11.8 Å². The molecule has 1 atom stereocenters. The lowest BCUT2D eigenvalue weighted by molar-refractivity contribution is 0.302. The summed E-state index contributed by atoms with van der Waals surface area (Å²) in [6.45, 7) is 5.64. The Labute approximate surface area is 129 Å². The van der Waals surface area contributed by atoms with Crippen molar-refractivity contribution in [3.05, 3.63) is 0 Å². The Bertz CT molecular complexity index is 323. The number of aliphatic imine (C=N–C) groups is 1. The Balaban J connectivity index is 1.97. The summed E-state index contributed by atoms with van der Waals surface area (Å²) in [6, 6.07) is 0.429. The van der Waals surface area contributed by atoms with Gasteiger partial charge in [-0.15, -0.1) is 0 Å². The van der Waals surface area contributed by atoms with Gasteiger partial charge in [-0.1, -0.05) is 44.9 Å². The monoisotopic (exact) mass is 297 g/mol. The van der Waals surface area contributed by atoms with Gasteiger partial charge >= 0.3 is 0 Å². The second kappa shape index (κ2) is 7.17. The van der Waals surface area contributed by atoms with Crippen LogP contribution < -0.4 is 5.32 Å². The van der Waals surface area contributed by atoms with Crippen LogP contribution in [0.2, 0.25) is 0 Å². The van der Waals surface area contributed by atoms with Crippen LogP contribution in [0.3, 0.4) is 0 Å². The molecule has 1 N–H and O–H groups in total. The van der Waals surface area contributed by atoms with E-state index in [1.54, 1.807) is 0 Å². The van der Waals surface area contributed by atoms with Crippen molar-refractivity contribution >= 4 is 16.9 Å². The molecule has 0 aromatic heterocycles. The van der Waals surface area contributed by atoms with Gasteiger partial charge in [0, 0.05) is 17.8 Å². The van der Waals surface area contributed by atoms with Gasteiger partial charge in [0.25, 0.3) is 0 Å². The maximum Gasteiger partial charge on any atom is 0.157 e. The molecule has 2 fully saturated rings. The predicted octanol–water partition coefficient (Wildman–Crippen LogP) is 3.36. The Morgan fingerprint density at radius 2 is 1.95 bits per heavy atom. The van der Waals surface area contributed by atoms with Crippen LogP contribution in [0, 0.1) is 5.92 Å². The molecular weight excluding hydrogens is 266 g/mol. The summed E-state index contributed by atoms with van der Waals surface area (Å²) < 4.78 is 0. The summed E-state index contributed by atoms with van der Waals surface area (Å²) in [5.41, 5.74) is 0.377. The van der Waals surface area contributed by atoms with Gasteiger partial charge in [0.15, 0.2) is 5.17 Å². The smallest absolute Gasteiger partial charge is 0.157 e. The number of thioether (sulfide) groups is 1. The van der Waals surface area contributed by atoms with Crippen molar-refractivity contribution in [2.75, 3.05) is 26.4 Å². The topological polar surface area (TPSA) is 27.6 Å². The average Bonchev–Trinajstić information content (AvgIpc) is 2.71. The van der Waals surface area contributed by atoms with E-state index < -0.39 is 0 Å². The molecule has 0 radical (unpaired) electrons. The molecule has 1 aliphatic carbocycles. The largest absolute Gasteiger partial charge is 0.359 e. The number of likely N-dealkylation sites (N-methyl/N-ethyl adjacent to an activating group) is 1. The lowest BCUT2D eigenvalue weighted by atomic mass is 9.83. The molecule has 0 bridgehead atoms. The van der Waals surface area contributed by atoms with Crippen LogP contribution >= 0.6 is 11.8 Å². The molecule has 1 aliphatic heterocycles. The minimum atomic E-state index is 0.377. The number of nitrogens with one attached hydrogen (secondary N) is 1. The summed E-state index contributed by atoms with van der Waals surface area (Å²) in [7, 11) is 4.29. The molecule has 116 valence electrons. The summed E-state index contributed by atoms with van der Waals surface area (Å²) in [4.78, 5) is 7.29. The number of rotatable bonds is 5. The summed E-state index contributed by atoms with van der Waals surface area (Å²) >= 11 is 1.95. The Hall–Kier alpha value is -0.220. The lowest BCUT2D eigenvalue weighted by Crippen LogP contribution is -2.45. The highest BCUT2D eigenvalue weighted by atomic mass is 32.2. The van der Waals surface area contributed by atoms with Gasteiger partial charge in [0.1, 0.15) is 0 Å². The van der Waals surface area contributed by atoms with Gasteiger partial charge in [-0.25, -0.2) is 0 Å². The second-order valence-electron chi connectivity index (χ2n) is 7.23. The third kappa shape index (κ3) is 4.66. The Morgan fingerprint density at radius 3 is 2.55 bits per heavy atom. The third-order valence-electron chi connectivity index (χ3n) is 4.29. The molecule has 1 unspecified atom stereocenters. The van der Waals surface area contributed by atoms with Crippen LogP contribution in [0.4, 0.5) is 0 Å².